The maximum absolute atomic E-state index is 10.5. The molecule has 0 aliphatic rings. The van der Waals surface area contributed by atoms with Crippen LogP contribution in [0.4, 0.5) is 0 Å². The van der Waals surface area contributed by atoms with Gasteiger partial charge in [-0.25, -0.2) is 0 Å². The Hall–Kier alpha value is -1.10. The SMILES string of the molecule is N=C(N)CCCC[C@H](N)C(N)=O. The first kappa shape index (κ1) is 10.9. The first-order valence-electron chi connectivity index (χ1n) is 3.92. The first-order valence-corrected chi connectivity index (χ1v) is 3.92. The molecule has 0 spiro atoms. The van der Waals surface area contributed by atoms with E-state index in [1.807, 2.05) is 0 Å². The number of carbonyl (C=O) groups is 1. The van der Waals surface area contributed by atoms with Crippen molar-refractivity contribution >= 4 is 11.7 Å². The highest BCUT2D eigenvalue weighted by Crippen LogP contribution is 2.01. The van der Waals surface area contributed by atoms with Gasteiger partial charge in [-0.05, 0) is 12.8 Å². The third-order valence-corrected chi connectivity index (χ3v) is 1.58. The zero-order valence-electron chi connectivity index (χ0n) is 7.05. The second-order valence-electron chi connectivity index (χ2n) is 2.78. The van der Waals surface area contributed by atoms with Gasteiger partial charge in [-0.1, -0.05) is 6.42 Å². The minimum Gasteiger partial charge on any atom is -0.388 e. The molecule has 7 N–H and O–H groups in total. The fraction of sp³-hybridized carbons (Fsp3) is 0.714. The minimum atomic E-state index is -0.558. The number of hydrogen-bond acceptors (Lipinski definition) is 3. The Bertz CT molecular complexity index is 169. The molecule has 0 aliphatic carbocycles. The molecule has 0 aromatic rings. The van der Waals surface area contributed by atoms with E-state index in [2.05, 4.69) is 0 Å². The third kappa shape index (κ3) is 5.67. The van der Waals surface area contributed by atoms with Gasteiger partial charge in [-0.15, -0.1) is 0 Å². The average molecular weight is 172 g/mol. The minimum absolute atomic E-state index is 0.169. The van der Waals surface area contributed by atoms with Crippen molar-refractivity contribution in [2.75, 3.05) is 0 Å². The number of unbranched alkanes of at least 4 members (excludes halogenated alkanes) is 1. The predicted octanol–water partition coefficient (Wildman–Crippen LogP) is -0.705. The van der Waals surface area contributed by atoms with E-state index in [9.17, 15) is 4.79 Å². The topological polar surface area (TPSA) is 119 Å². The van der Waals surface area contributed by atoms with Gasteiger partial charge in [0, 0.05) is 6.42 Å². The van der Waals surface area contributed by atoms with E-state index >= 15 is 0 Å². The van der Waals surface area contributed by atoms with E-state index in [-0.39, 0.29) is 5.84 Å². The molecular formula is C7H16N4O. The quantitative estimate of drug-likeness (QED) is 0.241. The van der Waals surface area contributed by atoms with Gasteiger partial charge < -0.3 is 17.2 Å². The summed E-state index contributed by atoms with van der Waals surface area (Å²) in [4.78, 5) is 10.5. The van der Waals surface area contributed by atoms with E-state index in [0.29, 0.717) is 12.8 Å². The van der Waals surface area contributed by atoms with Crippen molar-refractivity contribution in [3.8, 4) is 0 Å². The van der Waals surface area contributed by atoms with Crippen molar-refractivity contribution in [2.45, 2.75) is 31.7 Å². The molecule has 12 heavy (non-hydrogen) atoms. The van der Waals surface area contributed by atoms with E-state index in [1.165, 1.54) is 0 Å². The Balaban J connectivity index is 3.31. The van der Waals surface area contributed by atoms with Gasteiger partial charge in [0.2, 0.25) is 5.91 Å². The molecule has 0 aromatic carbocycles. The summed E-state index contributed by atoms with van der Waals surface area (Å²) in [6, 6.07) is -0.558. The number of nitrogens with two attached hydrogens (primary N) is 3. The van der Waals surface area contributed by atoms with Crippen molar-refractivity contribution < 1.29 is 4.79 Å². The van der Waals surface area contributed by atoms with Crippen LogP contribution in [0.25, 0.3) is 0 Å². The number of carbonyl (C=O) groups excluding carboxylic acids is 1. The number of hydrogen-bond donors (Lipinski definition) is 4. The highest BCUT2D eigenvalue weighted by molar-refractivity contribution is 5.79. The molecule has 0 fully saturated rings. The first-order chi connectivity index (χ1) is 5.54. The fourth-order valence-corrected chi connectivity index (χ4v) is 0.822. The maximum atomic E-state index is 10.5. The Morgan fingerprint density at radius 2 is 1.92 bits per heavy atom. The van der Waals surface area contributed by atoms with Crippen LogP contribution in [-0.4, -0.2) is 17.8 Å². The summed E-state index contributed by atoms with van der Waals surface area (Å²) >= 11 is 0. The third-order valence-electron chi connectivity index (χ3n) is 1.58. The highest BCUT2D eigenvalue weighted by atomic mass is 16.1. The van der Waals surface area contributed by atoms with Crippen molar-refractivity contribution in [3.63, 3.8) is 0 Å². The molecule has 0 saturated carbocycles. The number of amides is 1. The van der Waals surface area contributed by atoms with Gasteiger partial charge in [0.25, 0.3) is 0 Å². The number of nitrogens with one attached hydrogen (secondary N) is 1. The van der Waals surface area contributed by atoms with Gasteiger partial charge in [-0.3, -0.25) is 10.2 Å². The molecule has 0 aromatic heterocycles. The predicted molar refractivity (Wildman–Crippen MR) is 47.6 cm³/mol. The number of amidine groups is 1. The molecule has 1 atom stereocenters. The normalized spacial score (nSPS) is 12.4. The zero-order chi connectivity index (χ0) is 9.56. The van der Waals surface area contributed by atoms with Crippen LogP contribution in [0.1, 0.15) is 25.7 Å². The van der Waals surface area contributed by atoms with Crippen molar-refractivity contribution in [2.24, 2.45) is 17.2 Å². The van der Waals surface area contributed by atoms with Crippen LogP contribution in [0.15, 0.2) is 0 Å². The van der Waals surface area contributed by atoms with Gasteiger partial charge in [0.15, 0.2) is 0 Å². The van der Waals surface area contributed by atoms with Crippen molar-refractivity contribution in [1.29, 1.82) is 5.41 Å². The molecule has 5 nitrogen and oxygen atoms in total. The summed E-state index contributed by atoms with van der Waals surface area (Å²) in [5, 5.41) is 6.92. The van der Waals surface area contributed by atoms with Gasteiger partial charge in [-0.2, -0.15) is 0 Å². The largest absolute Gasteiger partial charge is 0.388 e. The monoisotopic (exact) mass is 172 g/mol. The summed E-state index contributed by atoms with van der Waals surface area (Å²) in [5.41, 5.74) is 15.5. The summed E-state index contributed by atoms with van der Waals surface area (Å²) in [5.74, 6) is -0.305. The molecule has 0 bridgehead atoms. The lowest BCUT2D eigenvalue weighted by molar-refractivity contribution is -0.119. The molecule has 0 radical (unpaired) electrons. The van der Waals surface area contributed by atoms with E-state index in [0.717, 1.165) is 12.8 Å². The summed E-state index contributed by atoms with van der Waals surface area (Å²) in [7, 11) is 0. The Labute approximate surface area is 71.8 Å². The molecule has 0 unspecified atom stereocenters. The molecule has 5 heteroatoms. The van der Waals surface area contributed by atoms with Gasteiger partial charge >= 0.3 is 0 Å². The zero-order valence-corrected chi connectivity index (χ0v) is 7.05. The van der Waals surface area contributed by atoms with Gasteiger partial charge in [0.1, 0.15) is 0 Å². The molecule has 0 heterocycles. The smallest absolute Gasteiger partial charge is 0.234 e. The summed E-state index contributed by atoms with van der Waals surface area (Å²) in [6.07, 6.45) is 2.70. The molecule has 0 aliphatic heterocycles. The van der Waals surface area contributed by atoms with Crippen LogP contribution < -0.4 is 17.2 Å². The van der Waals surface area contributed by atoms with Gasteiger partial charge in [0.05, 0.1) is 11.9 Å². The lowest BCUT2D eigenvalue weighted by Crippen LogP contribution is -2.36. The highest BCUT2D eigenvalue weighted by Gasteiger charge is 2.07. The van der Waals surface area contributed by atoms with Crippen LogP contribution in [0.2, 0.25) is 0 Å². The van der Waals surface area contributed by atoms with Crippen LogP contribution in [-0.2, 0) is 4.79 Å². The number of rotatable bonds is 6. The molecular weight excluding hydrogens is 156 g/mol. The van der Waals surface area contributed by atoms with E-state index < -0.39 is 11.9 Å². The Morgan fingerprint density at radius 3 is 2.33 bits per heavy atom. The lowest BCUT2D eigenvalue weighted by atomic mass is 10.1. The van der Waals surface area contributed by atoms with E-state index in [1.54, 1.807) is 0 Å². The maximum Gasteiger partial charge on any atom is 0.234 e. The van der Waals surface area contributed by atoms with E-state index in [4.69, 9.17) is 22.6 Å². The van der Waals surface area contributed by atoms with Crippen molar-refractivity contribution in [3.05, 3.63) is 0 Å². The standard InChI is InChI=1S/C7H16N4O/c8-5(7(11)12)3-1-2-4-6(9)10/h5H,1-4,8H2,(H3,9,10)(H2,11,12)/t5-/m0/s1. The van der Waals surface area contributed by atoms with Crippen LogP contribution >= 0.6 is 0 Å². The molecule has 70 valence electrons. The Kier molecular flexibility index (Phi) is 5.03. The molecule has 0 saturated heterocycles. The molecule has 0 rings (SSSR count). The Morgan fingerprint density at radius 1 is 1.33 bits per heavy atom. The summed E-state index contributed by atoms with van der Waals surface area (Å²) in [6.45, 7) is 0. The number of primary amides is 1. The second-order valence-corrected chi connectivity index (χ2v) is 2.78. The van der Waals surface area contributed by atoms with Crippen molar-refractivity contribution in [1.82, 2.24) is 0 Å². The summed E-state index contributed by atoms with van der Waals surface area (Å²) < 4.78 is 0. The van der Waals surface area contributed by atoms with Crippen LogP contribution in [0, 0.1) is 5.41 Å². The fourth-order valence-electron chi connectivity index (χ4n) is 0.822. The lowest BCUT2D eigenvalue weighted by Gasteiger charge is -2.05. The average Bonchev–Trinajstić information content (AvgIpc) is 1.97. The van der Waals surface area contributed by atoms with Crippen LogP contribution in [0.5, 0.6) is 0 Å². The van der Waals surface area contributed by atoms with Crippen LogP contribution in [0.3, 0.4) is 0 Å². The second kappa shape index (κ2) is 5.54. The molecule has 1 amide bonds.